The number of ether oxygens (including phenoxy) is 1. The van der Waals surface area contributed by atoms with E-state index in [0.29, 0.717) is 19.4 Å². The van der Waals surface area contributed by atoms with E-state index in [-0.39, 0.29) is 18.5 Å². The highest BCUT2D eigenvalue weighted by Crippen LogP contribution is 2.21. The minimum Gasteiger partial charge on any atom is -0.466 e. The van der Waals surface area contributed by atoms with Crippen LogP contribution in [0.3, 0.4) is 0 Å². The Labute approximate surface area is 595 Å². The number of unbranched alkanes of at least 4 members (excludes halogenated alkanes) is 68. The number of hydrogen-bond donors (Lipinski definition) is 3. The molecule has 0 bridgehead atoms. The van der Waals surface area contributed by atoms with Crippen molar-refractivity contribution in [2.75, 3.05) is 13.2 Å². The van der Waals surface area contributed by atoms with Gasteiger partial charge >= 0.3 is 5.97 Å². The molecule has 0 saturated carbocycles. The SMILES string of the molecule is CCCCCCCC/C=C\CCCCCCCC(=O)OCCCCCCCCCCCCCCCCCCCC/C=C\CCCCCCCCCCCCCCCCCCCC(=O)NC(CO)C(O)/C=C/CCCCCCCCCCCCCCCCCCCCCCCC. The maximum absolute atomic E-state index is 12.6. The van der Waals surface area contributed by atoms with Crippen LogP contribution in [0.25, 0.3) is 0 Å². The second kappa shape index (κ2) is 84.5. The Hall–Kier alpha value is -1.92. The molecule has 0 rings (SSSR count). The molecule has 0 aromatic carbocycles. The molecule has 0 radical (unpaired) electrons. The van der Waals surface area contributed by atoms with Gasteiger partial charge in [-0.25, -0.2) is 0 Å². The van der Waals surface area contributed by atoms with Crippen molar-refractivity contribution in [2.45, 2.75) is 508 Å². The molecule has 0 fully saturated rings. The molecule has 0 spiro atoms. The maximum atomic E-state index is 12.6. The number of esters is 1. The summed E-state index contributed by atoms with van der Waals surface area (Å²) in [6, 6.07) is -0.626. The van der Waals surface area contributed by atoms with Crippen molar-refractivity contribution in [3.8, 4) is 0 Å². The first-order valence-electron chi connectivity index (χ1n) is 43.8. The molecule has 562 valence electrons. The summed E-state index contributed by atoms with van der Waals surface area (Å²) in [6.45, 7) is 4.95. The lowest BCUT2D eigenvalue weighted by Gasteiger charge is -2.20. The van der Waals surface area contributed by atoms with E-state index in [1.54, 1.807) is 6.08 Å². The molecule has 0 saturated heterocycles. The lowest BCUT2D eigenvalue weighted by Crippen LogP contribution is -2.45. The first-order valence-corrected chi connectivity index (χ1v) is 43.8. The van der Waals surface area contributed by atoms with Gasteiger partial charge in [0.1, 0.15) is 0 Å². The standard InChI is InChI=1S/C89H171NO5/c1-3-5-7-9-11-13-15-17-19-20-21-22-23-41-44-47-50-54-57-61-65-69-73-77-81-87(92)86(85-91)90-88(93)82-78-74-70-66-62-58-55-51-48-45-42-39-37-35-33-31-29-27-25-24-26-28-30-32-34-36-38-40-43-46-49-52-56-60-64-68-72-76-80-84-95-89(94)83-79-75-71-67-63-59-53-18-16-14-12-10-8-6-4-2/h18,24-25,53,77,81,86-87,91-92H,3-17,19-23,26-52,54-76,78-80,82-85H2,1-2H3,(H,90,93)/b25-24-,53-18-,81-77+. The predicted octanol–water partition coefficient (Wildman–Crippen LogP) is 29.3. The van der Waals surface area contributed by atoms with Gasteiger partial charge in [0, 0.05) is 12.8 Å². The molecule has 0 aliphatic rings. The molecule has 0 heterocycles. The van der Waals surface area contributed by atoms with Crippen LogP contribution in [-0.4, -0.2) is 47.4 Å². The van der Waals surface area contributed by atoms with Crippen LogP contribution < -0.4 is 5.32 Å². The molecule has 1 amide bonds. The zero-order chi connectivity index (χ0) is 68.4. The fourth-order valence-corrected chi connectivity index (χ4v) is 14.0. The number of aliphatic hydroxyl groups is 2. The number of nitrogens with one attached hydrogen (secondary N) is 1. The average Bonchev–Trinajstić information content (AvgIpc) is 2.95. The highest BCUT2D eigenvalue weighted by atomic mass is 16.5. The van der Waals surface area contributed by atoms with Gasteiger partial charge in [-0.15, -0.1) is 0 Å². The van der Waals surface area contributed by atoms with Crippen molar-refractivity contribution in [1.29, 1.82) is 0 Å². The van der Waals surface area contributed by atoms with E-state index in [0.717, 1.165) is 44.9 Å². The molecule has 2 unspecified atom stereocenters. The number of carbonyl (C=O) groups excluding carboxylic acids is 2. The number of amides is 1. The zero-order valence-electron chi connectivity index (χ0n) is 64.7. The van der Waals surface area contributed by atoms with Gasteiger partial charge in [0.25, 0.3) is 0 Å². The minimum absolute atomic E-state index is 0.0152. The Morgan fingerprint density at radius 1 is 0.284 bits per heavy atom. The van der Waals surface area contributed by atoms with Crippen molar-refractivity contribution in [3.63, 3.8) is 0 Å². The summed E-state index contributed by atoms with van der Waals surface area (Å²) in [5.41, 5.74) is 0. The molecular weight excluding hydrogens is 1160 g/mol. The van der Waals surface area contributed by atoms with E-state index < -0.39 is 12.1 Å². The summed E-state index contributed by atoms with van der Waals surface area (Å²) in [5.74, 6) is -0.0428. The van der Waals surface area contributed by atoms with Crippen LogP contribution in [0.2, 0.25) is 0 Å². The van der Waals surface area contributed by atoms with Crippen LogP contribution in [0.1, 0.15) is 495 Å². The summed E-state index contributed by atoms with van der Waals surface area (Å²) in [7, 11) is 0. The molecule has 3 N–H and O–H groups in total. The molecule has 95 heavy (non-hydrogen) atoms. The highest BCUT2D eigenvalue weighted by molar-refractivity contribution is 5.76. The molecule has 0 aliphatic carbocycles. The van der Waals surface area contributed by atoms with Crippen LogP contribution in [0.4, 0.5) is 0 Å². The molecule has 6 nitrogen and oxygen atoms in total. The van der Waals surface area contributed by atoms with E-state index in [1.807, 2.05) is 6.08 Å². The van der Waals surface area contributed by atoms with Crippen LogP contribution in [0.15, 0.2) is 36.5 Å². The predicted molar refractivity (Wildman–Crippen MR) is 421 cm³/mol. The van der Waals surface area contributed by atoms with Crippen molar-refractivity contribution in [2.24, 2.45) is 0 Å². The molecule has 0 aromatic rings. The lowest BCUT2D eigenvalue weighted by molar-refractivity contribution is -0.143. The smallest absolute Gasteiger partial charge is 0.305 e. The van der Waals surface area contributed by atoms with Gasteiger partial charge < -0.3 is 20.3 Å². The summed E-state index contributed by atoms with van der Waals surface area (Å²) in [4.78, 5) is 24.7. The summed E-state index contributed by atoms with van der Waals surface area (Å²) in [5, 5.41) is 23.3. The number of allylic oxidation sites excluding steroid dienone is 5. The second-order valence-electron chi connectivity index (χ2n) is 30.2. The largest absolute Gasteiger partial charge is 0.466 e. The van der Waals surface area contributed by atoms with Crippen LogP contribution in [0, 0.1) is 0 Å². The number of hydrogen-bond acceptors (Lipinski definition) is 5. The van der Waals surface area contributed by atoms with E-state index >= 15 is 0 Å². The van der Waals surface area contributed by atoms with Gasteiger partial charge in [-0.2, -0.15) is 0 Å². The number of carbonyl (C=O) groups is 2. The first kappa shape index (κ1) is 93.1. The molecule has 0 aliphatic heterocycles. The van der Waals surface area contributed by atoms with Crippen LogP contribution in [0.5, 0.6) is 0 Å². The van der Waals surface area contributed by atoms with Gasteiger partial charge in [-0.3, -0.25) is 9.59 Å². The fraction of sp³-hybridized carbons (Fsp3) is 0.910. The van der Waals surface area contributed by atoms with Crippen molar-refractivity contribution < 1.29 is 24.5 Å². The Kier molecular flexibility index (Phi) is 82.8. The van der Waals surface area contributed by atoms with E-state index in [9.17, 15) is 19.8 Å². The van der Waals surface area contributed by atoms with Gasteiger partial charge in [-0.1, -0.05) is 436 Å². The average molecular weight is 1340 g/mol. The first-order chi connectivity index (χ1) is 47.0. The fourth-order valence-electron chi connectivity index (χ4n) is 14.0. The zero-order valence-corrected chi connectivity index (χ0v) is 64.7. The highest BCUT2D eigenvalue weighted by Gasteiger charge is 2.18. The van der Waals surface area contributed by atoms with E-state index in [4.69, 9.17) is 4.74 Å². The van der Waals surface area contributed by atoms with Gasteiger partial charge in [0.15, 0.2) is 0 Å². The Balaban J connectivity index is 3.35. The van der Waals surface area contributed by atoms with Gasteiger partial charge in [-0.05, 0) is 83.5 Å². The quantitative estimate of drug-likeness (QED) is 0.0320. The van der Waals surface area contributed by atoms with Crippen LogP contribution in [-0.2, 0) is 14.3 Å². The third kappa shape index (κ3) is 80.9. The Morgan fingerprint density at radius 3 is 0.747 bits per heavy atom. The minimum atomic E-state index is -0.843. The van der Waals surface area contributed by atoms with E-state index in [2.05, 4.69) is 43.5 Å². The molecule has 2 atom stereocenters. The normalized spacial score (nSPS) is 12.6. The van der Waals surface area contributed by atoms with Crippen molar-refractivity contribution in [1.82, 2.24) is 5.32 Å². The number of aliphatic hydroxyl groups excluding tert-OH is 2. The second-order valence-corrected chi connectivity index (χ2v) is 30.2. The number of rotatable bonds is 83. The molecule has 0 aromatic heterocycles. The van der Waals surface area contributed by atoms with Crippen molar-refractivity contribution in [3.05, 3.63) is 36.5 Å². The van der Waals surface area contributed by atoms with Crippen LogP contribution >= 0.6 is 0 Å². The van der Waals surface area contributed by atoms with Crippen molar-refractivity contribution >= 4 is 11.9 Å². The summed E-state index contributed by atoms with van der Waals surface area (Å²) >= 11 is 0. The van der Waals surface area contributed by atoms with Gasteiger partial charge in [0.05, 0.1) is 25.4 Å². The topological polar surface area (TPSA) is 95.9 Å². The molecular formula is C89H171NO5. The monoisotopic (exact) mass is 1330 g/mol. The molecule has 6 heteroatoms. The Bertz CT molecular complexity index is 1540. The van der Waals surface area contributed by atoms with E-state index in [1.165, 1.54) is 424 Å². The summed E-state index contributed by atoms with van der Waals surface area (Å²) in [6.07, 6.45) is 112. The third-order valence-electron chi connectivity index (χ3n) is 20.6. The maximum Gasteiger partial charge on any atom is 0.305 e. The third-order valence-corrected chi connectivity index (χ3v) is 20.6. The lowest BCUT2D eigenvalue weighted by atomic mass is 10.0. The summed E-state index contributed by atoms with van der Waals surface area (Å²) < 4.78 is 5.50. The van der Waals surface area contributed by atoms with Gasteiger partial charge in [0.2, 0.25) is 5.91 Å². The Morgan fingerprint density at radius 2 is 0.495 bits per heavy atom.